The number of hydrogen-bond donors (Lipinski definition) is 3. The van der Waals surface area contributed by atoms with Gasteiger partial charge in [0, 0.05) is 16.2 Å². The van der Waals surface area contributed by atoms with Gasteiger partial charge >= 0.3 is 0 Å². The van der Waals surface area contributed by atoms with Gasteiger partial charge in [-0.1, -0.05) is 18.2 Å². The molecule has 5 heteroatoms. The first-order valence-electron chi connectivity index (χ1n) is 5.98. The lowest BCUT2D eigenvalue weighted by Crippen LogP contribution is -1.95. The molecule has 3 aromatic rings. The number of anilines is 1. The quantitative estimate of drug-likeness (QED) is 0.595. The highest BCUT2D eigenvalue weighted by Crippen LogP contribution is 2.37. The third-order valence-corrected chi connectivity index (χ3v) is 3.78. The van der Waals surface area contributed by atoms with Crippen LogP contribution in [0, 0.1) is 13.8 Å². The van der Waals surface area contributed by atoms with Gasteiger partial charge in [0.2, 0.25) is 0 Å². The van der Waals surface area contributed by atoms with E-state index in [1.807, 2.05) is 38.1 Å². The molecule has 0 aliphatic carbocycles. The minimum Gasteiger partial charge on any atom is -0.383 e. The number of H-pyrrole nitrogens is 1. The van der Waals surface area contributed by atoms with Crippen molar-refractivity contribution in [1.82, 2.24) is 15.2 Å². The summed E-state index contributed by atoms with van der Waals surface area (Å²) in [5.74, 6) is 0.539. The molecular weight excluding hydrogens is 256 g/mol. The van der Waals surface area contributed by atoms with Gasteiger partial charge < -0.3 is 5.73 Å². The fourth-order valence-corrected chi connectivity index (χ4v) is 2.58. The molecule has 3 rings (SSSR count). The van der Waals surface area contributed by atoms with Crippen molar-refractivity contribution in [3.8, 4) is 11.1 Å². The van der Waals surface area contributed by atoms with Gasteiger partial charge in [-0.05, 0) is 31.0 Å². The van der Waals surface area contributed by atoms with E-state index in [0.717, 1.165) is 32.7 Å². The Morgan fingerprint density at radius 1 is 1.21 bits per heavy atom. The molecule has 96 valence electrons. The Labute approximate surface area is 116 Å². The summed E-state index contributed by atoms with van der Waals surface area (Å²) in [5.41, 5.74) is 10.8. The zero-order valence-electron chi connectivity index (χ0n) is 10.7. The summed E-state index contributed by atoms with van der Waals surface area (Å²) >= 11 is 4.54. The maximum Gasteiger partial charge on any atom is 0.183 e. The van der Waals surface area contributed by atoms with Crippen molar-refractivity contribution in [3.63, 3.8) is 0 Å². The summed E-state index contributed by atoms with van der Waals surface area (Å²) in [6.45, 7) is 4.02. The molecule has 0 atom stereocenters. The number of rotatable bonds is 1. The number of benzene rings is 1. The topological polar surface area (TPSA) is 67.6 Å². The fourth-order valence-electron chi connectivity index (χ4n) is 2.31. The van der Waals surface area contributed by atoms with Crippen molar-refractivity contribution in [3.05, 3.63) is 35.5 Å². The number of fused-ring (bicyclic) bond motifs is 1. The first-order valence-corrected chi connectivity index (χ1v) is 6.43. The molecule has 0 saturated heterocycles. The molecule has 0 fully saturated rings. The van der Waals surface area contributed by atoms with Crippen LogP contribution in [0.1, 0.15) is 11.3 Å². The second-order valence-corrected chi connectivity index (χ2v) is 5.03. The van der Waals surface area contributed by atoms with Crippen molar-refractivity contribution in [2.45, 2.75) is 18.7 Å². The molecule has 0 aliphatic rings. The van der Waals surface area contributed by atoms with E-state index in [4.69, 9.17) is 5.73 Å². The van der Waals surface area contributed by atoms with Crippen LogP contribution in [0.2, 0.25) is 0 Å². The smallest absolute Gasteiger partial charge is 0.183 e. The standard InChI is InChI=1S/C14H14N4S/c1-7-8(2)16-14-12(13(15)17-18-14)11(7)9-5-3-4-6-10(9)19/h3-6,19H,1-2H3,(H3,15,16,17,18). The van der Waals surface area contributed by atoms with E-state index in [2.05, 4.69) is 27.8 Å². The van der Waals surface area contributed by atoms with Crippen LogP contribution in [0.3, 0.4) is 0 Å². The Morgan fingerprint density at radius 2 is 1.95 bits per heavy atom. The number of aromatic amines is 1. The largest absolute Gasteiger partial charge is 0.383 e. The number of aromatic nitrogens is 3. The molecular formula is C14H14N4S. The predicted octanol–water partition coefficient (Wildman–Crippen LogP) is 3.11. The zero-order valence-corrected chi connectivity index (χ0v) is 11.6. The SMILES string of the molecule is Cc1nc2n[nH]c(N)c2c(-c2ccccc2S)c1C. The van der Waals surface area contributed by atoms with Gasteiger partial charge in [-0.15, -0.1) is 12.6 Å². The summed E-state index contributed by atoms with van der Waals surface area (Å²) < 4.78 is 0. The average Bonchev–Trinajstić information content (AvgIpc) is 2.74. The van der Waals surface area contributed by atoms with Crippen molar-refractivity contribution in [1.29, 1.82) is 0 Å². The normalized spacial score (nSPS) is 11.1. The van der Waals surface area contributed by atoms with Gasteiger partial charge in [0.05, 0.1) is 5.39 Å². The van der Waals surface area contributed by atoms with Gasteiger partial charge in [-0.2, -0.15) is 5.10 Å². The summed E-state index contributed by atoms with van der Waals surface area (Å²) in [7, 11) is 0. The molecule has 0 amide bonds. The summed E-state index contributed by atoms with van der Waals surface area (Å²) in [6.07, 6.45) is 0. The minimum atomic E-state index is 0.539. The van der Waals surface area contributed by atoms with E-state index in [0.29, 0.717) is 11.5 Å². The average molecular weight is 270 g/mol. The molecule has 19 heavy (non-hydrogen) atoms. The lowest BCUT2D eigenvalue weighted by atomic mass is 9.97. The monoisotopic (exact) mass is 270 g/mol. The van der Waals surface area contributed by atoms with Crippen LogP contribution in [0.5, 0.6) is 0 Å². The van der Waals surface area contributed by atoms with E-state index >= 15 is 0 Å². The highest BCUT2D eigenvalue weighted by atomic mass is 32.1. The fraction of sp³-hybridized carbons (Fsp3) is 0.143. The number of hydrogen-bond acceptors (Lipinski definition) is 4. The summed E-state index contributed by atoms with van der Waals surface area (Å²) in [4.78, 5) is 5.38. The number of thiol groups is 1. The van der Waals surface area contributed by atoms with Gasteiger partial charge in [0.15, 0.2) is 5.65 Å². The maximum atomic E-state index is 6.00. The predicted molar refractivity (Wildman–Crippen MR) is 80.5 cm³/mol. The third kappa shape index (κ3) is 1.77. The molecule has 0 saturated carbocycles. The third-order valence-electron chi connectivity index (χ3n) is 3.39. The number of pyridine rings is 1. The lowest BCUT2D eigenvalue weighted by Gasteiger charge is -2.12. The van der Waals surface area contributed by atoms with Gasteiger partial charge in [-0.25, -0.2) is 4.98 Å². The van der Waals surface area contributed by atoms with Crippen LogP contribution >= 0.6 is 12.6 Å². The van der Waals surface area contributed by atoms with Gasteiger partial charge in [0.25, 0.3) is 0 Å². The van der Waals surface area contributed by atoms with E-state index in [1.54, 1.807) is 0 Å². The molecule has 3 N–H and O–H groups in total. The van der Waals surface area contributed by atoms with Crippen LogP contribution in [-0.2, 0) is 0 Å². The molecule has 0 unspecified atom stereocenters. The van der Waals surface area contributed by atoms with Crippen LogP contribution in [0.25, 0.3) is 22.2 Å². The summed E-state index contributed by atoms with van der Waals surface area (Å²) in [6, 6.07) is 7.96. The van der Waals surface area contributed by atoms with Crippen LogP contribution in [0.4, 0.5) is 5.82 Å². The number of nitrogens with zero attached hydrogens (tertiary/aromatic N) is 2. The molecule has 0 spiro atoms. The Morgan fingerprint density at radius 3 is 2.68 bits per heavy atom. The Kier molecular flexibility index (Phi) is 2.71. The molecule has 0 bridgehead atoms. The molecule has 4 nitrogen and oxygen atoms in total. The Bertz CT molecular complexity index is 776. The van der Waals surface area contributed by atoms with E-state index < -0.39 is 0 Å². The highest BCUT2D eigenvalue weighted by Gasteiger charge is 2.17. The first-order chi connectivity index (χ1) is 9.09. The number of nitrogen functional groups attached to an aromatic ring is 1. The minimum absolute atomic E-state index is 0.539. The van der Waals surface area contributed by atoms with Crippen molar-refractivity contribution < 1.29 is 0 Å². The Balaban J connectivity index is 2.49. The van der Waals surface area contributed by atoms with E-state index in [9.17, 15) is 0 Å². The second kappa shape index (κ2) is 4.28. The number of nitrogens with one attached hydrogen (secondary N) is 1. The first kappa shape index (κ1) is 12.0. The maximum absolute atomic E-state index is 6.00. The van der Waals surface area contributed by atoms with Crippen LogP contribution in [0.15, 0.2) is 29.2 Å². The van der Waals surface area contributed by atoms with E-state index in [1.165, 1.54) is 0 Å². The molecule has 2 heterocycles. The molecule has 0 radical (unpaired) electrons. The van der Waals surface area contributed by atoms with Crippen molar-refractivity contribution in [2.24, 2.45) is 0 Å². The van der Waals surface area contributed by atoms with Gasteiger partial charge in [0.1, 0.15) is 5.82 Å². The molecule has 2 aromatic heterocycles. The van der Waals surface area contributed by atoms with E-state index in [-0.39, 0.29) is 0 Å². The van der Waals surface area contributed by atoms with Crippen LogP contribution < -0.4 is 5.73 Å². The lowest BCUT2D eigenvalue weighted by molar-refractivity contribution is 1.09. The van der Waals surface area contributed by atoms with Crippen molar-refractivity contribution in [2.75, 3.05) is 5.73 Å². The van der Waals surface area contributed by atoms with Gasteiger partial charge in [-0.3, -0.25) is 5.10 Å². The second-order valence-electron chi connectivity index (χ2n) is 4.55. The number of aryl methyl sites for hydroxylation is 1. The highest BCUT2D eigenvalue weighted by molar-refractivity contribution is 7.80. The number of nitrogens with two attached hydrogens (primary N) is 1. The van der Waals surface area contributed by atoms with Crippen LogP contribution in [-0.4, -0.2) is 15.2 Å². The molecule has 1 aromatic carbocycles. The Hall–Kier alpha value is -2.01. The van der Waals surface area contributed by atoms with Crippen molar-refractivity contribution >= 4 is 29.5 Å². The zero-order chi connectivity index (χ0) is 13.6. The molecule has 0 aliphatic heterocycles. The summed E-state index contributed by atoms with van der Waals surface area (Å²) in [5, 5.41) is 7.82.